The van der Waals surface area contributed by atoms with Gasteiger partial charge in [-0.05, 0) is 13.8 Å². The molecule has 0 bridgehead atoms. The maximum atomic E-state index is 10.4. The Bertz CT molecular complexity index is 333. The highest BCUT2D eigenvalue weighted by Crippen LogP contribution is 2.09. The summed E-state index contributed by atoms with van der Waals surface area (Å²) in [6.07, 6.45) is -0.152. The molecule has 1 heterocycles. The van der Waals surface area contributed by atoms with Crippen molar-refractivity contribution in [3.63, 3.8) is 0 Å². The third kappa shape index (κ3) is 2.45. The van der Waals surface area contributed by atoms with Crippen molar-refractivity contribution in [1.29, 1.82) is 0 Å². The normalized spacial score (nSPS) is 10.6. The van der Waals surface area contributed by atoms with Crippen LogP contribution in [0.2, 0.25) is 0 Å². The van der Waals surface area contributed by atoms with Crippen LogP contribution in [-0.2, 0) is 18.3 Å². The monoisotopic (exact) mass is 199 g/mol. The van der Waals surface area contributed by atoms with E-state index in [4.69, 9.17) is 9.84 Å². The number of aliphatic carboxylic acids is 1. The molecule has 0 aliphatic rings. The maximum absolute atomic E-state index is 10.4. The highest BCUT2D eigenvalue weighted by molar-refractivity contribution is 5.69. The first-order valence-corrected chi connectivity index (χ1v) is 4.27. The predicted octanol–water partition coefficient (Wildman–Crippen LogP) is 0.229. The van der Waals surface area contributed by atoms with Crippen molar-refractivity contribution in [1.82, 2.24) is 14.8 Å². The average Bonchev–Trinajstić information content (AvgIpc) is 2.34. The number of aromatic nitrogens is 3. The summed E-state index contributed by atoms with van der Waals surface area (Å²) in [6, 6.07) is 0.344. The van der Waals surface area contributed by atoms with Crippen LogP contribution in [0.25, 0.3) is 0 Å². The molecule has 1 aromatic rings. The van der Waals surface area contributed by atoms with Gasteiger partial charge in [-0.3, -0.25) is 9.36 Å². The predicted molar refractivity (Wildman–Crippen MR) is 48.1 cm³/mol. The van der Waals surface area contributed by atoms with Crippen molar-refractivity contribution in [2.45, 2.75) is 26.4 Å². The van der Waals surface area contributed by atoms with E-state index in [9.17, 15) is 4.79 Å². The molecule has 14 heavy (non-hydrogen) atoms. The Morgan fingerprint density at radius 2 is 2.21 bits per heavy atom. The van der Waals surface area contributed by atoms with Crippen LogP contribution >= 0.6 is 0 Å². The highest BCUT2D eigenvalue weighted by Gasteiger charge is 2.13. The van der Waals surface area contributed by atoms with Gasteiger partial charge in [-0.2, -0.15) is 0 Å². The van der Waals surface area contributed by atoms with Crippen molar-refractivity contribution in [2.24, 2.45) is 7.05 Å². The minimum Gasteiger partial charge on any atom is -0.481 e. The highest BCUT2D eigenvalue weighted by atomic mass is 16.5. The molecule has 0 unspecified atom stereocenters. The number of hydrogen-bond donors (Lipinski definition) is 1. The lowest BCUT2D eigenvalue weighted by molar-refractivity contribution is -0.136. The van der Waals surface area contributed by atoms with Crippen molar-refractivity contribution < 1.29 is 14.6 Å². The standard InChI is InChI=1S/C8H13N3O3/c1-5(2)14-8-10-9-6(11(8)3)4-7(12)13/h5H,4H2,1-3H3,(H,12,13). The fourth-order valence-corrected chi connectivity index (χ4v) is 0.948. The second-order valence-corrected chi connectivity index (χ2v) is 3.19. The number of carboxylic acids is 1. The summed E-state index contributed by atoms with van der Waals surface area (Å²) in [6.45, 7) is 3.73. The number of hydrogen-bond acceptors (Lipinski definition) is 4. The van der Waals surface area contributed by atoms with Gasteiger partial charge in [0.2, 0.25) is 0 Å². The molecule has 6 nitrogen and oxygen atoms in total. The molecular weight excluding hydrogens is 186 g/mol. The Morgan fingerprint density at radius 3 is 2.71 bits per heavy atom. The molecule has 0 saturated heterocycles. The van der Waals surface area contributed by atoms with Gasteiger partial charge in [-0.15, -0.1) is 5.10 Å². The van der Waals surface area contributed by atoms with Gasteiger partial charge in [-0.1, -0.05) is 5.10 Å². The van der Waals surface area contributed by atoms with Gasteiger partial charge in [0.25, 0.3) is 0 Å². The van der Waals surface area contributed by atoms with E-state index in [1.807, 2.05) is 13.8 Å². The summed E-state index contributed by atoms with van der Waals surface area (Å²) in [4.78, 5) is 10.4. The number of carboxylic acid groups (broad SMARTS) is 1. The molecule has 0 aliphatic heterocycles. The van der Waals surface area contributed by atoms with E-state index in [-0.39, 0.29) is 12.5 Å². The second kappa shape index (κ2) is 4.08. The molecule has 0 radical (unpaired) electrons. The van der Waals surface area contributed by atoms with Crippen molar-refractivity contribution in [3.05, 3.63) is 5.82 Å². The molecule has 0 amide bonds. The third-order valence-electron chi connectivity index (χ3n) is 1.58. The zero-order chi connectivity index (χ0) is 10.7. The maximum Gasteiger partial charge on any atom is 0.316 e. The summed E-state index contributed by atoms with van der Waals surface area (Å²) in [5.41, 5.74) is 0. The van der Waals surface area contributed by atoms with Gasteiger partial charge >= 0.3 is 12.0 Å². The molecule has 0 aliphatic carbocycles. The van der Waals surface area contributed by atoms with Crippen molar-refractivity contribution in [3.8, 4) is 6.01 Å². The number of carbonyl (C=O) groups is 1. The quantitative estimate of drug-likeness (QED) is 0.751. The topological polar surface area (TPSA) is 77.2 Å². The summed E-state index contributed by atoms with van der Waals surface area (Å²) >= 11 is 0. The van der Waals surface area contributed by atoms with Gasteiger partial charge in [0.1, 0.15) is 12.2 Å². The first-order chi connectivity index (χ1) is 6.50. The first kappa shape index (κ1) is 10.5. The Kier molecular flexibility index (Phi) is 3.06. The Hall–Kier alpha value is -1.59. The third-order valence-corrected chi connectivity index (χ3v) is 1.58. The molecule has 1 rings (SSSR count). The molecule has 0 atom stereocenters. The second-order valence-electron chi connectivity index (χ2n) is 3.19. The van der Waals surface area contributed by atoms with E-state index in [1.165, 1.54) is 4.57 Å². The van der Waals surface area contributed by atoms with E-state index < -0.39 is 5.97 Å². The van der Waals surface area contributed by atoms with Crippen molar-refractivity contribution >= 4 is 5.97 Å². The van der Waals surface area contributed by atoms with Gasteiger partial charge < -0.3 is 9.84 Å². The van der Waals surface area contributed by atoms with Gasteiger partial charge in [0, 0.05) is 7.05 Å². The molecule has 0 aromatic carbocycles. The van der Waals surface area contributed by atoms with Gasteiger partial charge in [0.05, 0.1) is 6.10 Å². The van der Waals surface area contributed by atoms with Crippen LogP contribution in [0.5, 0.6) is 6.01 Å². The SMILES string of the molecule is CC(C)Oc1nnc(CC(=O)O)n1C. The van der Waals surface area contributed by atoms with E-state index >= 15 is 0 Å². The lowest BCUT2D eigenvalue weighted by Crippen LogP contribution is -2.11. The first-order valence-electron chi connectivity index (χ1n) is 4.27. The minimum absolute atomic E-state index is 0.00409. The number of ether oxygens (including phenoxy) is 1. The summed E-state index contributed by atoms with van der Waals surface area (Å²) in [5.74, 6) is -0.551. The van der Waals surface area contributed by atoms with E-state index in [2.05, 4.69) is 10.2 Å². The largest absolute Gasteiger partial charge is 0.481 e. The van der Waals surface area contributed by atoms with Crippen LogP contribution in [0.3, 0.4) is 0 Å². The Labute approximate surface area is 81.5 Å². The van der Waals surface area contributed by atoms with Crippen LogP contribution in [0.4, 0.5) is 0 Å². The molecule has 0 fully saturated rings. The van der Waals surface area contributed by atoms with Gasteiger partial charge in [-0.25, -0.2) is 0 Å². The van der Waals surface area contributed by atoms with Crippen molar-refractivity contribution in [2.75, 3.05) is 0 Å². The number of rotatable bonds is 4. The van der Waals surface area contributed by atoms with Crippen LogP contribution in [0.1, 0.15) is 19.7 Å². The zero-order valence-corrected chi connectivity index (χ0v) is 8.39. The number of nitrogens with zero attached hydrogens (tertiary/aromatic N) is 3. The van der Waals surface area contributed by atoms with E-state index in [0.717, 1.165) is 0 Å². The molecule has 0 spiro atoms. The lowest BCUT2D eigenvalue weighted by atomic mass is 10.4. The van der Waals surface area contributed by atoms with Crippen LogP contribution in [0, 0.1) is 0 Å². The lowest BCUT2D eigenvalue weighted by Gasteiger charge is -2.07. The molecule has 6 heteroatoms. The molecular formula is C8H13N3O3. The molecule has 0 saturated carbocycles. The van der Waals surface area contributed by atoms with E-state index in [1.54, 1.807) is 7.05 Å². The smallest absolute Gasteiger partial charge is 0.316 e. The fourth-order valence-electron chi connectivity index (χ4n) is 0.948. The van der Waals surface area contributed by atoms with Gasteiger partial charge in [0.15, 0.2) is 0 Å². The molecule has 1 aromatic heterocycles. The Morgan fingerprint density at radius 1 is 1.57 bits per heavy atom. The zero-order valence-electron chi connectivity index (χ0n) is 8.39. The summed E-state index contributed by atoms with van der Waals surface area (Å²) < 4.78 is 6.84. The molecule has 1 N–H and O–H groups in total. The van der Waals surface area contributed by atoms with E-state index in [0.29, 0.717) is 11.8 Å². The summed E-state index contributed by atoms with van der Waals surface area (Å²) in [5, 5.41) is 16.0. The average molecular weight is 199 g/mol. The fraction of sp³-hybridized carbons (Fsp3) is 0.625. The minimum atomic E-state index is -0.934. The molecule has 78 valence electrons. The Balaban J connectivity index is 2.79. The van der Waals surface area contributed by atoms with Crippen LogP contribution in [-0.4, -0.2) is 31.9 Å². The van der Waals surface area contributed by atoms with Crippen LogP contribution in [0.15, 0.2) is 0 Å². The summed E-state index contributed by atoms with van der Waals surface area (Å²) in [7, 11) is 1.68. The van der Waals surface area contributed by atoms with Crippen LogP contribution < -0.4 is 4.74 Å².